The molecule has 0 atom stereocenters. The summed E-state index contributed by atoms with van der Waals surface area (Å²) in [7, 11) is 0. The van der Waals surface area contributed by atoms with Gasteiger partial charge >= 0.3 is 6.03 Å². The van der Waals surface area contributed by atoms with Crippen LogP contribution in [0.5, 0.6) is 0 Å². The van der Waals surface area contributed by atoms with Crippen LogP contribution in [0.15, 0.2) is 36.9 Å². The summed E-state index contributed by atoms with van der Waals surface area (Å²) in [5, 5.41) is 7.70. The van der Waals surface area contributed by atoms with Crippen LogP contribution in [0.4, 0.5) is 9.18 Å². The van der Waals surface area contributed by atoms with Crippen LogP contribution in [0.2, 0.25) is 0 Å². The van der Waals surface area contributed by atoms with Crippen LogP contribution in [0.3, 0.4) is 0 Å². The van der Waals surface area contributed by atoms with Crippen molar-refractivity contribution in [2.24, 2.45) is 0 Å². The Balaban J connectivity index is 2.22. The zero-order valence-electron chi connectivity index (χ0n) is 10.4. The number of rotatable bonds is 6. The first-order valence-electron chi connectivity index (χ1n) is 5.80. The molecular weight excluding hydrogens is 249 g/mol. The highest BCUT2D eigenvalue weighted by atomic mass is 19.1. The average molecular weight is 265 g/mol. The van der Waals surface area contributed by atoms with Crippen molar-refractivity contribution in [3.05, 3.63) is 48.3 Å². The van der Waals surface area contributed by atoms with E-state index in [1.54, 1.807) is 6.08 Å². The van der Waals surface area contributed by atoms with Crippen molar-refractivity contribution in [3.8, 4) is 0 Å². The first-order valence-corrected chi connectivity index (χ1v) is 5.80. The fraction of sp³-hybridized carbons (Fsp3) is 0.231. The molecule has 5 nitrogen and oxygen atoms in total. The lowest BCUT2D eigenvalue weighted by Crippen LogP contribution is -2.40. The summed E-state index contributed by atoms with van der Waals surface area (Å²) in [5.41, 5.74) is 0.373. The minimum atomic E-state index is -0.392. The highest BCUT2D eigenvalue weighted by Crippen LogP contribution is 2.01. The smallest absolute Gasteiger partial charge is 0.315 e. The Morgan fingerprint density at radius 1 is 1.11 bits per heavy atom. The van der Waals surface area contributed by atoms with Gasteiger partial charge in [0, 0.05) is 25.2 Å². The van der Waals surface area contributed by atoms with Crippen LogP contribution in [0, 0.1) is 5.82 Å². The van der Waals surface area contributed by atoms with E-state index in [9.17, 15) is 14.0 Å². The van der Waals surface area contributed by atoms with Crippen LogP contribution in [0.1, 0.15) is 10.4 Å². The van der Waals surface area contributed by atoms with Gasteiger partial charge in [0.1, 0.15) is 5.82 Å². The van der Waals surface area contributed by atoms with Crippen LogP contribution >= 0.6 is 0 Å². The number of urea groups is 1. The highest BCUT2D eigenvalue weighted by Gasteiger charge is 2.04. The highest BCUT2D eigenvalue weighted by molar-refractivity contribution is 5.94. The summed E-state index contributed by atoms with van der Waals surface area (Å²) in [6, 6.07) is 4.91. The maximum atomic E-state index is 12.7. The Kier molecular flexibility index (Phi) is 6.08. The Morgan fingerprint density at radius 3 is 2.37 bits per heavy atom. The molecule has 1 rings (SSSR count). The molecule has 0 aromatic heterocycles. The molecule has 3 amide bonds. The van der Waals surface area contributed by atoms with Gasteiger partial charge < -0.3 is 16.0 Å². The Morgan fingerprint density at radius 2 is 1.74 bits per heavy atom. The molecule has 0 aliphatic rings. The summed E-state index contributed by atoms with van der Waals surface area (Å²) in [6.07, 6.45) is 1.57. The minimum Gasteiger partial charge on any atom is -0.350 e. The number of hydrogen-bond donors (Lipinski definition) is 3. The first-order chi connectivity index (χ1) is 9.13. The molecule has 0 unspecified atom stereocenters. The molecule has 19 heavy (non-hydrogen) atoms. The van der Waals surface area contributed by atoms with Crippen molar-refractivity contribution in [2.45, 2.75) is 0 Å². The van der Waals surface area contributed by atoms with Gasteiger partial charge in [0.05, 0.1) is 0 Å². The van der Waals surface area contributed by atoms with Gasteiger partial charge in [0.15, 0.2) is 0 Å². The molecule has 0 radical (unpaired) electrons. The maximum Gasteiger partial charge on any atom is 0.315 e. The van der Waals surface area contributed by atoms with Crippen molar-refractivity contribution < 1.29 is 14.0 Å². The summed E-state index contributed by atoms with van der Waals surface area (Å²) in [4.78, 5) is 22.7. The normalized spacial score (nSPS) is 9.53. The first kappa shape index (κ1) is 14.7. The van der Waals surface area contributed by atoms with E-state index in [-0.39, 0.29) is 18.5 Å². The standard InChI is InChI=1S/C13H16FN3O2/c1-2-7-16-13(19)17-9-8-15-12(18)10-3-5-11(14)6-4-10/h2-6H,1,7-9H2,(H,15,18)(H2,16,17,19). The largest absolute Gasteiger partial charge is 0.350 e. The topological polar surface area (TPSA) is 70.2 Å². The molecule has 0 saturated carbocycles. The molecular formula is C13H16FN3O2. The second-order valence-electron chi connectivity index (χ2n) is 3.69. The Hall–Kier alpha value is -2.37. The van der Waals surface area contributed by atoms with E-state index in [2.05, 4.69) is 22.5 Å². The number of carbonyl (C=O) groups excluding carboxylic acids is 2. The van der Waals surface area contributed by atoms with Gasteiger partial charge in [-0.05, 0) is 24.3 Å². The van der Waals surface area contributed by atoms with Crippen molar-refractivity contribution in [3.63, 3.8) is 0 Å². The van der Waals surface area contributed by atoms with Crippen LogP contribution in [-0.2, 0) is 0 Å². The van der Waals surface area contributed by atoms with Gasteiger partial charge in [-0.3, -0.25) is 4.79 Å². The van der Waals surface area contributed by atoms with Gasteiger partial charge in [-0.2, -0.15) is 0 Å². The molecule has 0 saturated heterocycles. The van der Waals surface area contributed by atoms with Crippen LogP contribution in [0.25, 0.3) is 0 Å². The third kappa shape index (κ3) is 5.67. The van der Waals surface area contributed by atoms with Crippen molar-refractivity contribution in [1.82, 2.24) is 16.0 Å². The van der Waals surface area contributed by atoms with E-state index in [0.29, 0.717) is 18.7 Å². The minimum absolute atomic E-state index is 0.289. The summed E-state index contributed by atoms with van der Waals surface area (Å²) in [5.74, 6) is -0.703. The van der Waals surface area contributed by atoms with Crippen LogP contribution < -0.4 is 16.0 Å². The van der Waals surface area contributed by atoms with E-state index >= 15 is 0 Å². The molecule has 6 heteroatoms. The number of carbonyl (C=O) groups is 2. The molecule has 3 N–H and O–H groups in total. The molecule has 0 bridgehead atoms. The molecule has 1 aromatic rings. The fourth-order valence-electron chi connectivity index (χ4n) is 1.28. The van der Waals surface area contributed by atoms with Crippen molar-refractivity contribution in [1.29, 1.82) is 0 Å². The molecule has 102 valence electrons. The molecule has 0 fully saturated rings. The van der Waals surface area contributed by atoms with Crippen LogP contribution in [-0.4, -0.2) is 31.6 Å². The van der Waals surface area contributed by atoms with Gasteiger partial charge in [0.2, 0.25) is 0 Å². The predicted molar refractivity (Wildman–Crippen MR) is 70.3 cm³/mol. The van der Waals surface area contributed by atoms with E-state index in [1.807, 2.05) is 0 Å². The van der Waals surface area contributed by atoms with Gasteiger partial charge in [0.25, 0.3) is 5.91 Å². The van der Waals surface area contributed by atoms with E-state index < -0.39 is 5.82 Å². The van der Waals surface area contributed by atoms with Crippen molar-refractivity contribution in [2.75, 3.05) is 19.6 Å². The Bertz CT molecular complexity index is 446. The van der Waals surface area contributed by atoms with Gasteiger partial charge in [-0.25, -0.2) is 9.18 Å². The second-order valence-corrected chi connectivity index (χ2v) is 3.69. The SMILES string of the molecule is C=CCNC(=O)NCCNC(=O)c1ccc(F)cc1. The molecule has 0 spiro atoms. The number of hydrogen-bond acceptors (Lipinski definition) is 2. The van der Waals surface area contributed by atoms with Gasteiger partial charge in [-0.15, -0.1) is 6.58 Å². The maximum absolute atomic E-state index is 12.7. The molecule has 0 aliphatic carbocycles. The third-order valence-electron chi connectivity index (χ3n) is 2.21. The monoisotopic (exact) mass is 265 g/mol. The Labute approximate surface area is 110 Å². The lowest BCUT2D eigenvalue weighted by Gasteiger charge is -2.07. The second kappa shape index (κ2) is 7.86. The van der Waals surface area contributed by atoms with Gasteiger partial charge in [-0.1, -0.05) is 6.08 Å². The van der Waals surface area contributed by atoms with Crippen molar-refractivity contribution >= 4 is 11.9 Å². The number of nitrogens with one attached hydrogen (secondary N) is 3. The molecule has 0 heterocycles. The van der Waals surface area contributed by atoms with E-state index in [4.69, 9.17) is 0 Å². The quantitative estimate of drug-likeness (QED) is 0.531. The lowest BCUT2D eigenvalue weighted by atomic mass is 10.2. The number of amides is 3. The average Bonchev–Trinajstić information content (AvgIpc) is 2.41. The molecule has 1 aromatic carbocycles. The summed E-state index contributed by atoms with van der Waals surface area (Å²) in [6.45, 7) is 4.44. The summed E-state index contributed by atoms with van der Waals surface area (Å²) >= 11 is 0. The van der Waals surface area contributed by atoms with E-state index in [1.165, 1.54) is 24.3 Å². The third-order valence-corrected chi connectivity index (χ3v) is 2.21. The lowest BCUT2D eigenvalue weighted by molar-refractivity contribution is 0.0954. The zero-order chi connectivity index (χ0) is 14.1. The predicted octanol–water partition coefficient (Wildman–Crippen LogP) is 1.04. The number of halogens is 1. The fourth-order valence-corrected chi connectivity index (χ4v) is 1.28. The summed E-state index contributed by atoms with van der Waals surface area (Å²) < 4.78 is 12.7. The van der Waals surface area contributed by atoms with E-state index in [0.717, 1.165) is 0 Å². The number of benzene rings is 1. The zero-order valence-corrected chi connectivity index (χ0v) is 10.4. The molecule has 0 aliphatic heterocycles.